The molecule has 0 bridgehead atoms. The summed E-state index contributed by atoms with van der Waals surface area (Å²) < 4.78 is 9.95. The van der Waals surface area contributed by atoms with Gasteiger partial charge in [0.1, 0.15) is 5.75 Å². The van der Waals surface area contributed by atoms with Gasteiger partial charge in [-0.05, 0) is 49.0 Å². The van der Waals surface area contributed by atoms with Gasteiger partial charge in [0, 0.05) is 44.5 Å². The maximum atomic E-state index is 5.66. The lowest BCUT2D eigenvalue weighted by Crippen LogP contribution is -2.47. The SMILES string of the molecule is COc1ccc(N2CCN(Cn3nc(-c4ccccc4C)n(C)c3=S)CC2)cc1. The van der Waals surface area contributed by atoms with Gasteiger partial charge in [-0.1, -0.05) is 24.3 Å². The summed E-state index contributed by atoms with van der Waals surface area (Å²) in [7, 11) is 3.69. The third-order valence-electron chi connectivity index (χ3n) is 5.57. The Morgan fingerprint density at radius 3 is 2.34 bits per heavy atom. The van der Waals surface area contributed by atoms with Gasteiger partial charge in [-0.2, -0.15) is 5.10 Å². The molecule has 7 heteroatoms. The van der Waals surface area contributed by atoms with Crippen LogP contribution in [0.25, 0.3) is 11.4 Å². The molecule has 0 aliphatic carbocycles. The summed E-state index contributed by atoms with van der Waals surface area (Å²) in [6, 6.07) is 16.6. The van der Waals surface area contributed by atoms with Crippen LogP contribution >= 0.6 is 12.2 Å². The number of rotatable bonds is 5. The Balaban J connectivity index is 1.44. The normalized spacial score (nSPS) is 14.9. The van der Waals surface area contributed by atoms with E-state index >= 15 is 0 Å². The van der Waals surface area contributed by atoms with Crippen LogP contribution in [0.4, 0.5) is 5.69 Å². The van der Waals surface area contributed by atoms with Crippen molar-refractivity contribution in [2.45, 2.75) is 13.6 Å². The monoisotopic (exact) mass is 409 g/mol. The maximum Gasteiger partial charge on any atom is 0.199 e. The van der Waals surface area contributed by atoms with E-state index in [1.807, 2.05) is 40.6 Å². The molecule has 4 rings (SSSR count). The van der Waals surface area contributed by atoms with E-state index in [0.717, 1.165) is 54.8 Å². The quantitative estimate of drug-likeness (QED) is 0.601. The lowest BCUT2D eigenvalue weighted by atomic mass is 10.1. The largest absolute Gasteiger partial charge is 0.497 e. The summed E-state index contributed by atoms with van der Waals surface area (Å²) in [5, 5.41) is 4.84. The zero-order valence-corrected chi connectivity index (χ0v) is 18.0. The molecule has 0 N–H and O–H groups in total. The highest BCUT2D eigenvalue weighted by atomic mass is 32.1. The van der Waals surface area contributed by atoms with Crippen molar-refractivity contribution in [3.05, 3.63) is 58.9 Å². The molecular weight excluding hydrogens is 382 g/mol. The fourth-order valence-corrected chi connectivity index (χ4v) is 3.95. The van der Waals surface area contributed by atoms with Crippen LogP contribution in [0.2, 0.25) is 0 Å². The number of aryl methyl sites for hydroxylation is 1. The van der Waals surface area contributed by atoms with E-state index in [0.29, 0.717) is 0 Å². The highest BCUT2D eigenvalue weighted by Gasteiger charge is 2.19. The highest BCUT2D eigenvalue weighted by molar-refractivity contribution is 7.71. The molecule has 1 aliphatic heterocycles. The smallest absolute Gasteiger partial charge is 0.199 e. The third-order valence-corrected chi connectivity index (χ3v) is 6.06. The second-order valence-corrected chi connectivity index (χ2v) is 7.79. The summed E-state index contributed by atoms with van der Waals surface area (Å²) >= 11 is 5.66. The van der Waals surface area contributed by atoms with Crippen LogP contribution < -0.4 is 9.64 Å². The lowest BCUT2D eigenvalue weighted by Gasteiger charge is -2.35. The van der Waals surface area contributed by atoms with Crippen molar-refractivity contribution in [3.63, 3.8) is 0 Å². The molecule has 2 aromatic carbocycles. The minimum absolute atomic E-state index is 0.717. The van der Waals surface area contributed by atoms with Crippen molar-refractivity contribution in [1.82, 2.24) is 19.2 Å². The fraction of sp³-hybridized carbons (Fsp3) is 0.364. The molecule has 6 nitrogen and oxygen atoms in total. The van der Waals surface area contributed by atoms with Crippen LogP contribution in [-0.4, -0.2) is 52.5 Å². The molecule has 2 heterocycles. The molecule has 1 saturated heterocycles. The van der Waals surface area contributed by atoms with Gasteiger partial charge in [0.05, 0.1) is 13.8 Å². The Labute approximate surface area is 176 Å². The van der Waals surface area contributed by atoms with Crippen LogP contribution in [0.3, 0.4) is 0 Å². The number of anilines is 1. The first-order chi connectivity index (χ1) is 14.1. The number of methoxy groups -OCH3 is 1. The molecule has 0 spiro atoms. The van der Waals surface area contributed by atoms with Gasteiger partial charge in [-0.3, -0.25) is 4.90 Å². The predicted molar refractivity (Wildman–Crippen MR) is 119 cm³/mol. The Morgan fingerprint density at radius 1 is 1.00 bits per heavy atom. The molecule has 0 radical (unpaired) electrons. The summed E-state index contributed by atoms with van der Waals surface area (Å²) in [5.41, 5.74) is 3.57. The van der Waals surface area contributed by atoms with Crippen LogP contribution in [-0.2, 0) is 13.7 Å². The van der Waals surface area contributed by atoms with Gasteiger partial charge in [0.15, 0.2) is 10.6 Å². The Bertz CT molecular complexity index is 1030. The average Bonchev–Trinajstić information content (AvgIpc) is 3.03. The Kier molecular flexibility index (Phi) is 5.69. The average molecular weight is 410 g/mol. The molecular formula is C22H27N5OS. The zero-order chi connectivity index (χ0) is 20.4. The van der Waals surface area contributed by atoms with E-state index in [4.69, 9.17) is 22.1 Å². The molecule has 0 unspecified atom stereocenters. The van der Waals surface area contributed by atoms with Gasteiger partial charge in [-0.15, -0.1) is 0 Å². The molecule has 1 aliphatic rings. The molecule has 152 valence electrons. The lowest BCUT2D eigenvalue weighted by molar-refractivity contribution is 0.194. The van der Waals surface area contributed by atoms with Crippen LogP contribution in [0.5, 0.6) is 5.75 Å². The van der Waals surface area contributed by atoms with Crippen molar-refractivity contribution in [2.24, 2.45) is 7.05 Å². The zero-order valence-electron chi connectivity index (χ0n) is 17.2. The minimum atomic E-state index is 0.717. The van der Waals surface area contributed by atoms with Crippen LogP contribution in [0, 0.1) is 11.7 Å². The summed E-state index contributed by atoms with van der Waals surface area (Å²) in [6.45, 7) is 6.74. The number of ether oxygens (including phenoxy) is 1. The number of benzene rings is 2. The van der Waals surface area contributed by atoms with Crippen LogP contribution in [0.1, 0.15) is 5.56 Å². The van der Waals surface area contributed by atoms with Crippen molar-refractivity contribution < 1.29 is 4.74 Å². The number of hydrogen-bond donors (Lipinski definition) is 0. The second kappa shape index (κ2) is 8.39. The third kappa shape index (κ3) is 4.06. The summed E-state index contributed by atoms with van der Waals surface area (Å²) in [6.07, 6.45) is 0. The summed E-state index contributed by atoms with van der Waals surface area (Å²) in [5.74, 6) is 1.81. The molecule has 1 fully saturated rings. The standard InChI is InChI=1S/C22H27N5OS/c1-17-6-4-5-7-20(17)21-23-27(22(29)24(21)2)16-25-12-14-26(15-13-25)18-8-10-19(28-3)11-9-18/h4-11H,12-16H2,1-3H3. The molecule has 1 aromatic heterocycles. The first-order valence-electron chi connectivity index (χ1n) is 9.88. The Morgan fingerprint density at radius 2 is 1.69 bits per heavy atom. The molecule has 0 amide bonds. The molecule has 0 saturated carbocycles. The second-order valence-electron chi connectivity index (χ2n) is 7.42. The number of hydrogen-bond acceptors (Lipinski definition) is 5. The van der Waals surface area contributed by atoms with Crippen molar-refractivity contribution in [2.75, 3.05) is 38.2 Å². The van der Waals surface area contributed by atoms with E-state index in [-0.39, 0.29) is 0 Å². The van der Waals surface area contributed by atoms with Gasteiger partial charge in [0.25, 0.3) is 0 Å². The van der Waals surface area contributed by atoms with E-state index < -0.39 is 0 Å². The van der Waals surface area contributed by atoms with E-state index in [9.17, 15) is 0 Å². The molecule has 29 heavy (non-hydrogen) atoms. The molecule has 3 aromatic rings. The predicted octanol–water partition coefficient (Wildman–Crippen LogP) is 3.71. The Hall–Kier alpha value is -2.64. The maximum absolute atomic E-state index is 5.66. The molecule has 0 atom stereocenters. The first kappa shape index (κ1) is 19.7. The van der Waals surface area contributed by atoms with Crippen molar-refractivity contribution in [1.29, 1.82) is 0 Å². The number of aromatic nitrogens is 3. The summed E-state index contributed by atoms with van der Waals surface area (Å²) in [4.78, 5) is 4.82. The first-order valence-corrected chi connectivity index (χ1v) is 10.3. The number of nitrogens with zero attached hydrogens (tertiary/aromatic N) is 5. The van der Waals surface area contributed by atoms with Gasteiger partial charge >= 0.3 is 0 Å². The van der Waals surface area contributed by atoms with E-state index in [2.05, 4.69) is 41.0 Å². The van der Waals surface area contributed by atoms with Gasteiger partial charge in [0.2, 0.25) is 0 Å². The van der Waals surface area contributed by atoms with Crippen molar-refractivity contribution >= 4 is 17.9 Å². The topological polar surface area (TPSA) is 38.5 Å². The fourth-order valence-electron chi connectivity index (χ4n) is 3.77. The van der Waals surface area contributed by atoms with E-state index in [1.165, 1.54) is 11.3 Å². The highest BCUT2D eigenvalue weighted by Crippen LogP contribution is 2.23. The van der Waals surface area contributed by atoms with Crippen LogP contribution in [0.15, 0.2) is 48.5 Å². The minimum Gasteiger partial charge on any atom is -0.497 e. The van der Waals surface area contributed by atoms with Gasteiger partial charge in [-0.25, -0.2) is 4.68 Å². The number of piperazine rings is 1. The van der Waals surface area contributed by atoms with Crippen molar-refractivity contribution in [3.8, 4) is 17.1 Å². The van der Waals surface area contributed by atoms with Gasteiger partial charge < -0.3 is 14.2 Å². The van der Waals surface area contributed by atoms with E-state index in [1.54, 1.807) is 7.11 Å².